The lowest BCUT2D eigenvalue weighted by atomic mass is 9.83. The van der Waals surface area contributed by atoms with Crippen LogP contribution in [0.5, 0.6) is 0 Å². The summed E-state index contributed by atoms with van der Waals surface area (Å²) in [5, 5.41) is 0. The molecule has 112 valence electrons. The highest BCUT2D eigenvalue weighted by Crippen LogP contribution is 2.44. The molecule has 0 amide bonds. The van der Waals surface area contributed by atoms with Crippen LogP contribution < -0.4 is 0 Å². The number of oxazole rings is 1. The highest BCUT2D eigenvalue weighted by Gasteiger charge is 2.41. The summed E-state index contributed by atoms with van der Waals surface area (Å²) >= 11 is 0. The van der Waals surface area contributed by atoms with Gasteiger partial charge in [-0.1, -0.05) is 19.8 Å². The predicted molar refractivity (Wildman–Crippen MR) is 67.9 cm³/mol. The van der Waals surface area contributed by atoms with Crippen LogP contribution in [-0.2, 0) is 10.2 Å². The van der Waals surface area contributed by atoms with Crippen molar-refractivity contribution in [2.24, 2.45) is 0 Å². The summed E-state index contributed by atoms with van der Waals surface area (Å²) in [5.74, 6) is -1.06. The van der Waals surface area contributed by atoms with Gasteiger partial charge in [-0.3, -0.25) is 0 Å². The van der Waals surface area contributed by atoms with Crippen LogP contribution in [0.2, 0.25) is 0 Å². The van der Waals surface area contributed by atoms with E-state index in [1.807, 2.05) is 6.92 Å². The first kappa shape index (κ1) is 14.9. The first-order valence-electron chi connectivity index (χ1n) is 7.00. The number of carbonyl (C=O) groups excluding carboxylic acids is 1. The lowest BCUT2D eigenvalue weighted by Gasteiger charge is -2.22. The zero-order valence-electron chi connectivity index (χ0n) is 11.7. The van der Waals surface area contributed by atoms with Crippen molar-refractivity contribution in [3.63, 3.8) is 0 Å². The van der Waals surface area contributed by atoms with Crippen molar-refractivity contribution in [2.75, 3.05) is 6.61 Å². The van der Waals surface area contributed by atoms with Gasteiger partial charge in [0.05, 0.1) is 6.61 Å². The van der Waals surface area contributed by atoms with Gasteiger partial charge in [0.2, 0.25) is 11.7 Å². The standard InChI is InChI=1S/C14H19F2NO3/c1-3-14(7-5-6-8-14)13-17-9(11(15)16)10(20-13)12(18)19-4-2/h11H,3-8H2,1-2H3. The molecule has 1 fully saturated rings. The van der Waals surface area contributed by atoms with Crippen molar-refractivity contribution < 1.29 is 22.7 Å². The van der Waals surface area contributed by atoms with Gasteiger partial charge in [0.1, 0.15) is 0 Å². The number of rotatable bonds is 5. The number of nitrogens with zero attached hydrogens (tertiary/aromatic N) is 1. The van der Waals surface area contributed by atoms with Crippen molar-refractivity contribution in [2.45, 2.75) is 57.8 Å². The second-order valence-corrected chi connectivity index (χ2v) is 5.10. The van der Waals surface area contributed by atoms with E-state index < -0.39 is 23.8 Å². The maximum absolute atomic E-state index is 13.0. The Morgan fingerprint density at radius 1 is 1.40 bits per heavy atom. The second kappa shape index (κ2) is 5.89. The maximum Gasteiger partial charge on any atom is 0.376 e. The number of ether oxygens (including phenoxy) is 1. The fourth-order valence-corrected chi connectivity index (χ4v) is 2.82. The van der Waals surface area contributed by atoms with Crippen LogP contribution in [0.4, 0.5) is 8.78 Å². The predicted octanol–water partition coefficient (Wildman–Crippen LogP) is 4.01. The summed E-state index contributed by atoms with van der Waals surface area (Å²) in [6.07, 6.45) is 1.67. The van der Waals surface area contributed by atoms with Gasteiger partial charge in [-0.05, 0) is 26.2 Å². The summed E-state index contributed by atoms with van der Waals surface area (Å²) in [5.41, 5.74) is -0.910. The molecule has 0 N–H and O–H groups in total. The zero-order chi connectivity index (χ0) is 14.8. The third kappa shape index (κ3) is 2.55. The zero-order valence-corrected chi connectivity index (χ0v) is 11.7. The molecule has 4 nitrogen and oxygen atoms in total. The summed E-state index contributed by atoms with van der Waals surface area (Å²) in [6, 6.07) is 0. The molecule has 1 aliphatic rings. The van der Waals surface area contributed by atoms with Gasteiger partial charge in [-0.2, -0.15) is 0 Å². The van der Waals surface area contributed by atoms with E-state index in [-0.39, 0.29) is 17.9 Å². The van der Waals surface area contributed by atoms with Crippen LogP contribution in [0.15, 0.2) is 4.42 Å². The average Bonchev–Trinajstić information content (AvgIpc) is 3.06. The minimum absolute atomic E-state index is 0.108. The molecule has 2 rings (SSSR count). The number of carbonyl (C=O) groups is 1. The molecule has 0 bridgehead atoms. The van der Waals surface area contributed by atoms with Gasteiger partial charge < -0.3 is 9.15 Å². The summed E-state index contributed by atoms with van der Waals surface area (Å²) < 4.78 is 36.2. The Kier molecular flexibility index (Phi) is 4.40. The van der Waals surface area contributed by atoms with E-state index in [1.54, 1.807) is 6.92 Å². The fourth-order valence-electron chi connectivity index (χ4n) is 2.82. The lowest BCUT2D eigenvalue weighted by molar-refractivity contribution is 0.0471. The topological polar surface area (TPSA) is 52.3 Å². The fraction of sp³-hybridized carbons (Fsp3) is 0.714. The van der Waals surface area contributed by atoms with E-state index >= 15 is 0 Å². The van der Waals surface area contributed by atoms with Crippen molar-refractivity contribution in [3.8, 4) is 0 Å². The molecule has 0 aliphatic heterocycles. The first-order chi connectivity index (χ1) is 9.54. The third-order valence-electron chi connectivity index (χ3n) is 4.01. The Balaban J connectivity index is 2.41. The second-order valence-electron chi connectivity index (χ2n) is 5.10. The lowest BCUT2D eigenvalue weighted by Crippen LogP contribution is -2.21. The molecule has 6 heteroatoms. The van der Waals surface area contributed by atoms with Crippen LogP contribution in [-0.4, -0.2) is 17.6 Å². The summed E-state index contributed by atoms with van der Waals surface area (Å²) in [7, 11) is 0. The highest BCUT2D eigenvalue weighted by atomic mass is 19.3. The van der Waals surface area contributed by atoms with Gasteiger partial charge in [0.25, 0.3) is 6.43 Å². The molecule has 0 atom stereocenters. The average molecular weight is 287 g/mol. The molecule has 1 aromatic rings. The van der Waals surface area contributed by atoms with Crippen molar-refractivity contribution in [3.05, 3.63) is 17.3 Å². The molecule has 0 aromatic carbocycles. The number of esters is 1. The van der Waals surface area contributed by atoms with Crippen LogP contribution >= 0.6 is 0 Å². The molecule has 1 aromatic heterocycles. The van der Waals surface area contributed by atoms with E-state index in [0.29, 0.717) is 0 Å². The SMILES string of the molecule is CCOC(=O)c1oc(C2(CC)CCCC2)nc1C(F)F. The van der Waals surface area contributed by atoms with Gasteiger partial charge in [0.15, 0.2) is 5.69 Å². The normalized spacial score (nSPS) is 17.6. The first-order valence-corrected chi connectivity index (χ1v) is 7.00. The van der Waals surface area contributed by atoms with Crippen molar-refractivity contribution in [1.82, 2.24) is 4.98 Å². The minimum atomic E-state index is -2.85. The molecule has 0 unspecified atom stereocenters. The Hall–Kier alpha value is -1.46. The Labute approximate surface area is 116 Å². The van der Waals surface area contributed by atoms with E-state index in [9.17, 15) is 13.6 Å². The molecule has 1 aliphatic carbocycles. The van der Waals surface area contributed by atoms with Crippen molar-refractivity contribution >= 4 is 5.97 Å². The molecule has 20 heavy (non-hydrogen) atoms. The van der Waals surface area contributed by atoms with Crippen molar-refractivity contribution in [1.29, 1.82) is 0 Å². The van der Waals surface area contributed by atoms with Crippen LogP contribution in [0.1, 0.15) is 74.5 Å². The Bertz CT molecular complexity index is 479. The van der Waals surface area contributed by atoms with E-state index in [0.717, 1.165) is 32.1 Å². The number of hydrogen-bond donors (Lipinski definition) is 0. The quantitative estimate of drug-likeness (QED) is 0.768. The van der Waals surface area contributed by atoms with E-state index in [4.69, 9.17) is 9.15 Å². The number of alkyl halides is 2. The molecule has 1 saturated carbocycles. The van der Waals surface area contributed by atoms with Gasteiger partial charge in [-0.25, -0.2) is 18.6 Å². The van der Waals surface area contributed by atoms with Gasteiger partial charge >= 0.3 is 5.97 Å². The molecular formula is C14H19F2NO3. The third-order valence-corrected chi connectivity index (χ3v) is 4.01. The smallest absolute Gasteiger partial charge is 0.376 e. The number of halogens is 2. The highest BCUT2D eigenvalue weighted by molar-refractivity contribution is 5.87. The van der Waals surface area contributed by atoms with E-state index in [2.05, 4.69) is 4.98 Å². The molecule has 1 heterocycles. The molecule has 0 spiro atoms. The Morgan fingerprint density at radius 2 is 2.05 bits per heavy atom. The Morgan fingerprint density at radius 3 is 2.55 bits per heavy atom. The van der Waals surface area contributed by atoms with Crippen LogP contribution in [0.3, 0.4) is 0 Å². The largest absolute Gasteiger partial charge is 0.460 e. The minimum Gasteiger partial charge on any atom is -0.460 e. The molecule has 0 saturated heterocycles. The monoisotopic (exact) mass is 287 g/mol. The van der Waals surface area contributed by atoms with E-state index in [1.165, 1.54) is 0 Å². The van der Waals surface area contributed by atoms with Crippen LogP contribution in [0.25, 0.3) is 0 Å². The number of hydrogen-bond acceptors (Lipinski definition) is 4. The maximum atomic E-state index is 13.0. The number of aromatic nitrogens is 1. The van der Waals surface area contributed by atoms with Gasteiger partial charge in [-0.15, -0.1) is 0 Å². The van der Waals surface area contributed by atoms with Crippen LogP contribution in [0, 0.1) is 0 Å². The molecule has 0 radical (unpaired) electrons. The molecular weight excluding hydrogens is 268 g/mol. The summed E-state index contributed by atoms with van der Waals surface area (Å²) in [6.45, 7) is 3.71. The van der Waals surface area contributed by atoms with Gasteiger partial charge in [0, 0.05) is 5.41 Å². The summed E-state index contributed by atoms with van der Waals surface area (Å²) in [4.78, 5) is 15.6.